The number of hydrogen-bond donors (Lipinski definition) is 2. The standard InChI is InChI=1S/C16H22N2O/c19-16(15-7-3-4-10-17-15)18-14-9-8-12-5-1-2-6-13(12)11-14/h1-2,5-6,14-15,17H,3-4,7-11H2,(H,18,19)/t14?,15-/m1/s1. The van der Waals surface area contributed by atoms with E-state index in [0.29, 0.717) is 6.04 Å². The summed E-state index contributed by atoms with van der Waals surface area (Å²) in [4.78, 5) is 12.2. The van der Waals surface area contributed by atoms with E-state index in [1.165, 1.54) is 24.0 Å². The minimum absolute atomic E-state index is 0.0333. The van der Waals surface area contributed by atoms with Gasteiger partial charge in [0, 0.05) is 6.04 Å². The maximum Gasteiger partial charge on any atom is 0.237 e. The van der Waals surface area contributed by atoms with Gasteiger partial charge in [0.15, 0.2) is 0 Å². The topological polar surface area (TPSA) is 41.1 Å². The molecule has 1 unspecified atom stereocenters. The molecule has 3 nitrogen and oxygen atoms in total. The van der Waals surface area contributed by atoms with Crippen LogP contribution < -0.4 is 10.6 Å². The summed E-state index contributed by atoms with van der Waals surface area (Å²) in [6.07, 6.45) is 6.47. The smallest absolute Gasteiger partial charge is 0.237 e. The molecule has 0 spiro atoms. The van der Waals surface area contributed by atoms with Crippen LogP contribution in [0.25, 0.3) is 0 Å². The van der Waals surface area contributed by atoms with E-state index in [1.807, 2.05) is 0 Å². The molecule has 1 saturated heterocycles. The molecule has 1 aromatic rings. The molecule has 2 atom stereocenters. The van der Waals surface area contributed by atoms with Gasteiger partial charge in [0.05, 0.1) is 6.04 Å². The number of aryl methyl sites for hydroxylation is 1. The Balaban J connectivity index is 1.58. The first kappa shape index (κ1) is 12.7. The van der Waals surface area contributed by atoms with Crippen LogP contribution in [-0.4, -0.2) is 24.5 Å². The number of nitrogens with one attached hydrogen (secondary N) is 2. The Labute approximate surface area is 114 Å². The highest BCUT2D eigenvalue weighted by Crippen LogP contribution is 2.21. The molecule has 3 heteroatoms. The zero-order valence-corrected chi connectivity index (χ0v) is 11.3. The highest BCUT2D eigenvalue weighted by atomic mass is 16.2. The summed E-state index contributed by atoms with van der Waals surface area (Å²) in [6, 6.07) is 8.93. The fourth-order valence-electron chi connectivity index (χ4n) is 3.20. The van der Waals surface area contributed by atoms with Gasteiger partial charge in [-0.05, 0) is 49.8 Å². The molecule has 0 radical (unpaired) electrons. The lowest BCUT2D eigenvalue weighted by Gasteiger charge is -2.29. The Morgan fingerprint density at radius 1 is 1.16 bits per heavy atom. The zero-order valence-electron chi connectivity index (χ0n) is 11.3. The third-order valence-electron chi connectivity index (χ3n) is 4.32. The van der Waals surface area contributed by atoms with Gasteiger partial charge >= 0.3 is 0 Å². The average Bonchev–Trinajstić information content (AvgIpc) is 2.48. The first-order chi connectivity index (χ1) is 9.33. The Hall–Kier alpha value is -1.35. The van der Waals surface area contributed by atoms with Crippen LogP contribution in [0.2, 0.25) is 0 Å². The fraction of sp³-hybridized carbons (Fsp3) is 0.562. The summed E-state index contributed by atoms with van der Waals surface area (Å²) in [5.74, 6) is 0.198. The van der Waals surface area contributed by atoms with Gasteiger partial charge in [-0.2, -0.15) is 0 Å². The van der Waals surface area contributed by atoms with Gasteiger partial charge in [0.2, 0.25) is 5.91 Å². The third kappa shape index (κ3) is 2.98. The monoisotopic (exact) mass is 258 g/mol. The third-order valence-corrected chi connectivity index (χ3v) is 4.32. The second-order valence-corrected chi connectivity index (χ2v) is 5.72. The number of carbonyl (C=O) groups excluding carboxylic acids is 1. The summed E-state index contributed by atoms with van der Waals surface area (Å²) < 4.78 is 0. The first-order valence-corrected chi connectivity index (χ1v) is 7.43. The molecular weight excluding hydrogens is 236 g/mol. The van der Waals surface area contributed by atoms with E-state index in [0.717, 1.165) is 32.2 Å². The van der Waals surface area contributed by atoms with Crippen LogP contribution in [0, 0.1) is 0 Å². The molecule has 3 rings (SSSR count). The zero-order chi connectivity index (χ0) is 13.1. The number of benzene rings is 1. The number of hydrogen-bond acceptors (Lipinski definition) is 2. The number of carbonyl (C=O) groups is 1. The predicted octanol–water partition coefficient (Wildman–Crippen LogP) is 1.80. The average molecular weight is 258 g/mol. The van der Waals surface area contributed by atoms with Gasteiger partial charge in [-0.25, -0.2) is 0 Å². The van der Waals surface area contributed by atoms with Crippen LogP contribution >= 0.6 is 0 Å². The molecule has 2 aliphatic rings. The quantitative estimate of drug-likeness (QED) is 0.849. The van der Waals surface area contributed by atoms with E-state index in [9.17, 15) is 4.79 Å². The van der Waals surface area contributed by atoms with Crippen molar-refractivity contribution in [3.05, 3.63) is 35.4 Å². The van der Waals surface area contributed by atoms with Crippen molar-refractivity contribution < 1.29 is 4.79 Å². The summed E-state index contributed by atoms with van der Waals surface area (Å²) in [6.45, 7) is 0.978. The van der Waals surface area contributed by atoms with Crippen LogP contribution in [0.5, 0.6) is 0 Å². The van der Waals surface area contributed by atoms with Gasteiger partial charge in [-0.15, -0.1) is 0 Å². The van der Waals surface area contributed by atoms with E-state index in [4.69, 9.17) is 0 Å². The van der Waals surface area contributed by atoms with Crippen molar-refractivity contribution >= 4 is 5.91 Å². The second kappa shape index (κ2) is 5.74. The van der Waals surface area contributed by atoms with Crippen LogP contribution in [0.3, 0.4) is 0 Å². The maximum absolute atomic E-state index is 12.2. The summed E-state index contributed by atoms with van der Waals surface area (Å²) in [5, 5.41) is 6.54. The van der Waals surface area contributed by atoms with Crippen molar-refractivity contribution in [1.29, 1.82) is 0 Å². The number of fused-ring (bicyclic) bond motifs is 1. The fourth-order valence-corrected chi connectivity index (χ4v) is 3.20. The van der Waals surface area contributed by atoms with Gasteiger partial charge in [-0.1, -0.05) is 30.7 Å². The van der Waals surface area contributed by atoms with Crippen molar-refractivity contribution in [2.45, 2.75) is 50.6 Å². The maximum atomic E-state index is 12.2. The van der Waals surface area contributed by atoms with E-state index < -0.39 is 0 Å². The first-order valence-electron chi connectivity index (χ1n) is 7.43. The van der Waals surface area contributed by atoms with Crippen LogP contribution in [0.4, 0.5) is 0 Å². The van der Waals surface area contributed by atoms with E-state index in [-0.39, 0.29) is 11.9 Å². The molecule has 2 N–H and O–H groups in total. The minimum Gasteiger partial charge on any atom is -0.352 e. The minimum atomic E-state index is 0.0333. The van der Waals surface area contributed by atoms with Crippen LogP contribution in [0.15, 0.2) is 24.3 Å². The molecule has 102 valence electrons. The van der Waals surface area contributed by atoms with Gasteiger partial charge in [0.25, 0.3) is 0 Å². The molecule has 1 aromatic carbocycles. The summed E-state index contributed by atoms with van der Waals surface area (Å²) >= 11 is 0. The van der Waals surface area contributed by atoms with Crippen molar-refractivity contribution in [3.63, 3.8) is 0 Å². The van der Waals surface area contributed by atoms with Gasteiger partial charge < -0.3 is 10.6 Å². The lowest BCUT2D eigenvalue weighted by molar-refractivity contribution is -0.124. The van der Waals surface area contributed by atoms with Crippen molar-refractivity contribution in [2.24, 2.45) is 0 Å². The Morgan fingerprint density at radius 3 is 2.79 bits per heavy atom. The molecule has 0 bridgehead atoms. The molecule has 1 aliphatic heterocycles. The largest absolute Gasteiger partial charge is 0.352 e. The van der Waals surface area contributed by atoms with Gasteiger partial charge in [0.1, 0.15) is 0 Å². The molecular formula is C16H22N2O. The molecule has 0 saturated carbocycles. The molecule has 1 fully saturated rings. The Kier molecular flexibility index (Phi) is 3.83. The lowest BCUT2D eigenvalue weighted by atomic mass is 9.88. The summed E-state index contributed by atoms with van der Waals surface area (Å²) in [5.41, 5.74) is 2.85. The molecule has 1 aliphatic carbocycles. The molecule has 19 heavy (non-hydrogen) atoms. The lowest BCUT2D eigenvalue weighted by Crippen LogP contribution is -2.50. The van der Waals surface area contributed by atoms with E-state index in [2.05, 4.69) is 34.9 Å². The SMILES string of the molecule is O=C(NC1CCc2ccccc2C1)[C@H]1CCCCN1. The van der Waals surface area contributed by atoms with Crippen LogP contribution in [0.1, 0.15) is 36.8 Å². The summed E-state index contributed by atoms with van der Waals surface area (Å²) in [7, 11) is 0. The highest BCUT2D eigenvalue weighted by molar-refractivity contribution is 5.82. The number of rotatable bonds is 2. The number of piperidine rings is 1. The molecule has 1 heterocycles. The van der Waals surface area contributed by atoms with E-state index in [1.54, 1.807) is 0 Å². The Morgan fingerprint density at radius 2 is 2.00 bits per heavy atom. The number of amides is 1. The molecule has 0 aromatic heterocycles. The second-order valence-electron chi connectivity index (χ2n) is 5.72. The van der Waals surface area contributed by atoms with Crippen molar-refractivity contribution in [3.8, 4) is 0 Å². The normalized spacial score (nSPS) is 26.5. The van der Waals surface area contributed by atoms with Crippen LogP contribution in [-0.2, 0) is 17.6 Å². The molecule has 1 amide bonds. The van der Waals surface area contributed by atoms with Gasteiger partial charge in [-0.3, -0.25) is 4.79 Å². The van der Waals surface area contributed by atoms with Crippen molar-refractivity contribution in [1.82, 2.24) is 10.6 Å². The predicted molar refractivity (Wildman–Crippen MR) is 76.0 cm³/mol. The van der Waals surface area contributed by atoms with Crippen molar-refractivity contribution in [2.75, 3.05) is 6.54 Å². The highest BCUT2D eigenvalue weighted by Gasteiger charge is 2.25. The Bertz CT molecular complexity index is 452. The van der Waals surface area contributed by atoms with E-state index >= 15 is 0 Å².